The number of aliphatic hydroxyl groups excluding tert-OH is 1. The van der Waals surface area contributed by atoms with Gasteiger partial charge in [-0.3, -0.25) is 0 Å². The van der Waals surface area contributed by atoms with Gasteiger partial charge in [0, 0.05) is 18.6 Å². The van der Waals surface area contributed by atoms with Crippen molar-refractivity contribution in [3.63, 3.8) is 0 Å². The lowest BCUT2D eigenvalue weighted by Gasteiger charge is -1.95. The van der Waals surface area contributed by atoms with Gasteiger partial charge in [-0.2, -0.15) is 0 Å². The van der Waals surface area contributed by atoms with E-state index in [1.165, 1.54) is 6.92 Å². The summed E-state index contributed by atoms with van der Waals surface area (Å²) in [5.41, 5.74) is 4.77. The molecule has 0 saturated heterocycles. The predicted molar refractivity (Wildman–Crippen MR) is 49.7 cm³/mol. The van der Waals surface area contributed by atoms with Gasteiger partial charge in [0.25, 0.3) is 0 Å². The Bertz CT molecular complexity index is 190. The number of carboxylic acid groups (broad SMARTS) is 1. The van der Waals surface area contributed by atoms with E-state index in [0.29, 0.717) is 6.42 Å². The topological polar surface area (TPSA) is 110 Å². The minimum Gasteiger partial charge on any atom is -0.478 e. The van der Waals surface area contributed by atoms with Crippen molar-refractivity contribution in [1.29, 1.82) is 0 Å². The van der Waals surface area contributed by atoms with Crippen LogP contribution in [0.4, 0.5) is 4.79 Å². The van der Waals surface area contributed by atoms with Crippen molar-refractivity contribution in [1.82, 2.24) is 0 Å². The molecule has 0 fully saturated rings. The van der Waals surface area contributed by atoms with Crippen LogP contribution in [0.2, 0.25) is 0 Å². The molecule has 0 heterocycles. The van der Waals surface area contributed by atoms with Crippen LogP contribution in [0.1, 0.15) is 13.3 Å². The van der Waals surface area contributed by atoms with E-state index in [-0.39, 0.29) is 18.8 Å². The molecule has 0 unspecified atom stereocenters. The molecule has 4 N–H and O–H groups in total. The van der Waals surface area contributed by atoms with E-state index in [4.69, 9.17) is 10.2 Å². The summed E-state index contributed by atoms with van der Waals surface area (Å²) in [6, 6.07) is 0. The van der Waals surface area contributed by atoms with Gasteiger partial charge in [0.1, 0.15) is 0 Å². The van der Waals surface area contributed by atoms with Crippen LogP contribution in [0.25, 0.3) is 0 Å². The normalized spacial score (nSPS) is 8.14. The fourth-order valence-electron chi connectivity index (χ4n) is 0.237. The highest BCUT2D eigenvalue weighted by molar-refractivity contribution is 5.84. The van der Waals surface area contributed by atoms with E-state index in [1.807, 2.05) is 0 Å². The minimum atomic E-state index is -0.935. The lowest BCUT2D eigenvalue weighted by atomic mass is 10.4. The Morgan fingerprint density at radius 1 is 1.50 bits per heavy atom. The highest BCUT2D eigenvalue weighted by Gasteiger charge is 1.90. The number of rotatable bonds is 4. The Kier molecular flexibility index (Phi) is 10.2. The molecule has 0 aliphatic heterocycles. The summed E-state index contributed by atoms with van der Waals surface area (Å²) in [5.74, 6) is -0.935. The Morgan fingerprint density at radius 2 is 1.93 bits per heavy atom. The second-order valence-corrected chi connectivity index (χ2v) is 2.33. The number of ether oxygens (including phenoxy) is 1. The quantitative estimate of drug-likeness (QED) is 0.445. The van der Waals surface area contributed by atoms with Gasteiger partial charge in [-0.05, 0) is 6.92 Å². The van der Waals surface area contributed by atoms with Gasteiger partial charge in [-0.1, -0.05) is 6.58 Å². The minimum absolute atomic E-state index is 0.0211. The zero-order chi connectivity index (χ0) is 11.6. The fraction of sp³-hybridized carbons (Fsp3) is 0.500. The number of primary amides is 1. The average molecular weight is 205 g/mol. The summed E-state index contributed by atoms with van der Waals surface area (Å²) in [4.78, 5) is 19.4. The molecule has 0 aliphatic carbocycles. The third kappa shape index (κ3) is 16.8. The predicted octanol–water partition coefficient (Wildman–Crippen LogP) is 0.111. The lowest BCUT2D eigenvalue weighted by Crippen LogP contribution is -2.14. The molecule has 82 valence electrons. The van der Waals surface area contributed by atoms with Crippen LogP contribution < -0.4 is 5.73 Å². The zero-order valence-electron chi connectivity index (χ0n) is 8.02. The summed E-state index contributed by atoms with van der Waals surface area (Å²) >= 11 is 0. The molecule has 0 aromatic rings. The van der Waals surface area contributed by atoms with Gasteiger partial charge >= 0.3 is 12.1 Å². The highest BCUT2D eigenvalue weighted by Crippen LogP contribution is 1.81. The maximum Gasteiger partial charge on any atom is 0.404 e. The maximum absolute atomic E-state index is 9.79. The number of amides is 1. The number of nitrogens with two attached hydrogens (primary N) is 1. The van der Waals surface area contributed by atoms with Crippen molar-refractivity contribution in [3.8, 4) is 0 Å². The van der Waals surface area contributed by atoms with Gasteiger partial charge in [0.2, 0.25) is 0 Å². The number of carbonyl (C=O) groups excluding carboxylic acids is 1. The van der Waals surface area contributed by atoms with E-state index in [2.05, 4.69) is 17.0 Å². The second-order valence-electron chi connectivity index (χ2n) is 2.33. The molecular formula is C8H15NO5. The summed E-state index contributed by atoms with van der Waals surface area (Å²) in [6.07, 6.45) is -0.346. The molecule has 0 bridgehead atoms. The maximum atomic E-state index is 9.79. The molecule has 1 amide bonds. The highest BCUT2D eigenvalue weighted by atomic mass is 16.5. The van der Waals surface area contributed by atoms with Crippen LogP contribution in [-0.4, -0.2) is 35.5 Å². The van der Waals surface area contributed by atoms with Gasteiger partial charge in [-0.15, -0.1) is 0 Å². The molecule has 0 rings (SSSR count). The Hall–Kier alpha value is -1.56. The summed E-state index contributed by atoms with van der Waals surface area (Å²) in [7, 11) is 0. The van der Waals surface area contributed by atoms with E-state index in [9.17, 15) is 9.59 Å². The second kappa shape index (κ2) is 9.53. The first kappa shape index (κ1) is 14.9. The van der Waals surface area contributed by atoms with E-state index in [1.54, 1.807) is 0 Å². The summed E-state index contributed by atoms with van der Waals surface area (Å²) in [5, 5.41) is 16.0. The molecule has 0 aromatic heterocycles. The van der Waals surface area contributed by atoms with Crippen molar-refractivity contribution in [2.24, 2.45) is 5.73 Å². The van der Waals surface area contributed by atoms with Crippen molar-refractivity contribution in [3.05, 3.63) is 12.2 Å². The summed E-state index contributed by atoms with van der Waals surface area (Å²) < 4.78 is 4.26. The Labute approximate surface area is 82.0 Å². The largest absolute Gasteiger partial charge is 0.478 e. The number of carbonyl (C=O) groups is 2. The number of hydrogen-bond acceptors (Lipinski definition) is 4. The Morgan fingerprint density at radius 3 is 2.14 bits per heavy atom. The molecular weight excluding hydrogens is 190 g/mol. The van der Waals surface area contributed by atoms with Crippen molar-refractivity contribution in [2.45, 2.75) is 13.3 Å². The van der Waals surface area contributed by atoms with Crippen LogP contribution in [0, 0.1) is 0 Å². The van der Waals surface area contributed by atoms with E-state index >= 15 is 0 Å². The van der Waals surface area contributed by atoms with Crippen molar-refractivity contribution >= 4 is 12.1 Å². The molecule has 0 saturated carbocycles. The smallest absolute Gasteiger partial charge is 0.404 e. The first-order chi connectivity index (χ1) is 6.41. The molecule has 0 atom stereocenters. The molecule has 6 heteroatoms. The fourth-order valence-corrected chi connectivity index (χ4v) is 0.237. The van der Waals surface area contributed by atoms with Crippen LogP contribution in [-0.2, 0) is 9.53 Å². The van der Waals surface area contributed by atoms with Crippen LogP contribution in [0.5, 0.6) is 0 Å². The van der Waals surface area contributed by atoms with Crippen LogP contribution in [0.15, 0.2) is 12.2 Å². The van der Waals surface area contributed by atoms with Gasteiger partial charge < -0.3 is 20.7 Å². The third-order valence-corrected chi connectivity index (χ3v) is 0.912. The molecule has 0 spiro atoms. The molecule has 14 heavy (non-hydrogen) atoms. The SMILES string of the molecule is C=C(C)C(=O)O.NC(=O)OCCCO. The average Bonchev–Trinajstić information content (AvgIpc) is 2.05. The van der Waals surface area contributed by atoms with Crippen molar-refractivity contribution < 1.29 is 24.5 Å². The number of aliphatic hydroxyl groups is 1. The van der Waals surface area contributed by atoms with Crippen LogP contribution >= 0.6 is 0 Å². The van der Waals surface area contributed by atoms with Crippen LogP contribution in [0.3, 0.4) is 0 Å². The summed E-state index contributed by atoms with van der Waals surface area (Å²) in [6.45, 7) is 4.82. The standard InChI is InChI=1S/C4H9NO3.C4H6O2/c5-4(7)8-3-1-2-6;1-3(2)4(5)6/h6H,1-3H2,(H2,5,7);1H2,2H3,(H,5,6). The molecule has 0 aromatic carbocycles. The monoisotopic (exact) mass is 205 g/mol. The van der Waals surface area contributed by atoms with Crippen molar-refractivity contribution in [2.75, 3.05) is 13.2 Å². The first-order valence-electron chi connectivity index (χ1n) is 3.83. The first-order valence-corrected chi connectivity index (χ1v) is 3.83. The molecule has 6 nitrogen and oxygen atoms in total. The van der Waals surface area contributed by atoms with Gasteiger partial charge in [0.15, 0.2) is 0 Å². The van der Waals surface area contributed by atoms with E-state index < -0.39 is 12.1 Å². The Balaban J connectivity index is 0. The lowest BCUT2D eigenvalue weighted by molar-refractivity contribution is -0.132. The number of hydrogen-bond donors (Lipinski definition) is 3. The number of carboxylic acids is 1. The third-order valence-electron chi connectivity index (χ3n) is 0.912. The molecule has 0 aliphatic rings. The number of aliphatic carboxylic acids is 1. The molecule has 0 radical (unpaired) electrons. The zero-order valence-corrected chi connectivity index (χ0v) is 8.02. The van der Waals surface area contributed by atoms with Gasteiger partial charge in [0.05, 0.1) is 6.61 Å². The van der Waals surface area contributed by atoms with Gasteiger partial charge in [-0.25, -0.2) is 9.59 Å². The van der Waals surface area contributed by atoms with E-state index in [0.717, 1.165) is 0 Å².